The molecule has 0 radical (unpaired) electrons. The molecule has 0 fully saturated rings. The molecule has 0 aliphatic rings. The lowest BCUT2D eigenvalue weighted by Crippen LogP contribution is -2.41. The molecule has 0 aliphatic carbocycles. The van der Waals surface area contributed by atoms with E-state index in [1.165, 1.54) is 12.1 Å². The summed E-state index contributed by atoms with van der Waals surface area (Å²) in [5.74, 6) is -0.627. The molecule has 0 unspecified atom stereocenters. The van der Waals surface area contributed by atoms with Crippen molar-refractivity contribution in [3.05, 3.63) is 58.9 Å². The van der Waals surface area contributed by atoms with Crippen LogP contribution in [-0.2, 0) is 20.7 Å². The van der Waals surface area contributed by atoms with Crippen LogP contribution in [0.5, 0.6) is 0 Å². The largest absolute Gasteiger partial charge is 0.466 e. The standard InChI is InChI=1S/C22H27ClFNO3/c1-4-28-21(26)22(2,14-27-3)13-18(25)11-15-5-7-16(8-6-15)19-12-17(23)9-10-20(19)24/h5-10,12,18H,4,11,13-14,25H2,1-3H3/t18-,22+/m1/s1. The fraction of sp³-hybridized carbons (Fsp3) is 0.409. The first kappa shape index (κ1) is 22.3. The van der Waals surface area contributed by atoms with Gasteiger partial charge >= 0.3 is 5.97 Å². The van der Waals surface area contributed by atoms with Gasteiger partial charge in [0.05, 0.1) is 18.6 Å². The molecule has 0 bridgehead atoms. The second-order valence-electron chi connectivity index (χ2n) is 7.20. The summed E-state index contributed by atoms with van der Waals surface area (Å²) in [5, 5.41) is 0.485. The monoisotopic (exact) mass is 407 g/mol. The number of hydrogen-bond acceptors (Lipinski definition) is 4. The molecule has 4 nitrogen and oxygen atoms in total. The van der Waals surface area contributed by atoms with Crippen molar-refractivity contribution in [1.82, 2.24) is 0 Å². The molecule has 2 aromatic carbocycles. The highest BCUT2D eigenvalue weighted by atomic mass is 35.5. The van der Waals surface area contributed by atoms with E-state index in [-0.39, 0.29) is 24.4 Å². The SMILES string of the molecule is CCOC(=O)[C@](C)(COC)C[C@H](N)Cc1ccc(-c2cc(Cl)ccc2F)cc1. The quantitative estimate of drug-likeness (QED) is 0.616. The number of halogens is 2. The smallest absolute Gasteiger partial charge is 0.314 e. The number of nitrogens with two attached hydrogens (primary N) is 1. The lowest BCUT2D eigenvalue weighted by Gasteiger charge is -2.29. The van der Waals surface area contributed by atoms with Crippen molar-refractivity contribution >= 4 is 17.6 Å². The number of carbonyl (C=O) groups is 1. The number of benzene rings is 2. The third-order valence-corrected chi connectivity index (χ3v) is 4.87. The van der Waals surface area contributed by atoms with Crippen LogP contribution in [0.3, 0.4) is 0 Å². The first-order chi connectivity index (χ1) is 13.3. The van der Waals surface area contributed by atoms with Crippen LogP contribution >= 0.6 is 11.6 Å². The predicted molar refractivity (Wildman–Crippen MR) is 110 cm³/mol. The van der Waals surface area contributed by atoms with E-state index in [1.54, 1.807) is 27.0 Å². The molecule has 0 aliphatic heterocycles. The molecule has 2 aromatic rings. The lowest BCUT2D eigenvalue weighted by molar-refractivity contribution is -0.158. The summed E-state index contributed by atoms with van der Waals surface area (Å²) in [7, 11) is 1.55. The van der Waals surface area contributed by atoms with Crippen LogP contribution in [0.1, 0.15) is 25.8 Å². The summed E-state index contributed by atoms with van der Waals surface area (Å²) in [6, 6.07) is 11.7. The summed E-state index contributed by atoms with van der Waals surface area (Å²) in [5.41, 5.74) is 7.71. The van der Waals surface area contributed by atoms with Gasteiger partial charge in [0.25, 0.3) is 0 Å². The van der Waals surface area contributed by atoms with Gasteiger partial charge in [-0.1, -0.05) is 35.9 Å². The first-order valence-corrected chi connectivity index (χ1v) is 9.63. The van der Waals surface area contributed by atoms with E-state index in [9.17, 15) is 9.18 Å². The minimum Gasteiger partial charge on any atom is -0.466 e. The molecule has 2 rings (SSSR count). The summed E-state index contributed by atoms with van der Waals surface area (Å²) < 4.78 is 24.4. The molecule has 0 aromatic heterocycles. The number of hydrogen-bond donors (Lipinski definition) is 1. The highest BCUT2D eigenvalue weighted by molar-refractivity contribution is 6.30. The molecule has 28 heavy (non-hydrogen) atoms. The Hall–Kier alpha value is -1.95. The summed E-state index contributed by atoms with van der Waals surface area (Å²) in [6.45, 7) is 4.14. The molecule has 0 saturated heterocycles. The Bertz CT molecular complexity index is 797. The van der Waals surface area contributed by atoms with Crippen LogP contribution in [0.4, 0.5) is 4.39 Å². The van der Waals surface area contributed by atoms with Crippen molar-refractivity contribution in [3.8, 4) is 11.1 Å². The topological polar surface area (TPSA) is 61.5 Å². The number of rotatable bonds is 9. The maximum Gasteiger partial charge on any atom is 0.314 e. The Labute approximate surface area is 170 Å². The number of ether oxygens (including phenoxy) is 2. The number of carbonyl (C=O) groups excluding carboxylic acids is 1. The zero-order valence-electron chi connectivity index (χ0n) is 16.5. The van der Waals surface area contributed by atoms with Crippen LogP contribution in [-0.4, -0.2) is 32.3 Å². The van der Waals surface area contributed by atoms with Crippen LogP contribution < -0.4 is 5.73 Å². The van der Waals surface area contributed by atoms with Crippen molar-refractivity contribution in [2.45, 2.75) is 32.7 Å². The van der Waals surface area contributed by atoms with E-state index in [0.29, 0.717) is 30.0 Å². The Morgan fingerprint density at radius 2 is 1.93 bits per heavy atom. The molecule has 2 N–H and O–H groups in total. The molecule has 0 amide bonds. The second-order valence-corrected chi connectivity index (χ2v) is 7.64. The number of methoxy groups -OCH3 is 1. The van der Waals surface area contributed by atoms with Crippen LogP contribution in [0, 0.1) is 11.2 Å². The first-order valence-electron chi connectivity index (χ1n) is 9.25. The molecule has 0 heterocycles. The second kappa shape index (κ2) is 10.0. The minimum atomic E-state index is -0.798. The highest BCUT2D eigenvalue weighted by Crippen LogP contribution is 2.28. The van der Waals surface area contributed by atoms with Gasteiger partial charge in [-0.2, -0.15) is 0 Å². The van der Waals surface area contributed by atoms with Gasteiger partial charge in [-0.3, -0.25) is 4.79 Å². The van der Waals surface area contributed by atoms with E-state index >= 15 is 0 Å². The average Bonchev–Trinajstić information content (AvgIpc) is 2.64. The molecule has 0 saturated carbocycles. The van der Waals surface area contributed by atoms with Gasteiger partial charge in [0.1, 0.15) is 5.82 Å². The van der Waals surface area contributed by atoms with E-state index in [2.05, 4.69) is 0 Å². The molecule has 2 atom stereocenters. The maximum atomic E-state index is 14.0. The van der Waals surface area contributed by atoms with Gasteiger partial charge in [-0.25, -0.2) is 4.39 Å². The summed E-state index contributed by atoms with van der Waals surface area (Å²) in [4.78, 5) is 12.3. The lowest BCUT2D eigenvalue weighted by atomic mass is 9.82. The van der Waals surface area contributed by atoms with Crippen LogP contribution in [0.25, 0.3) is 11.1 Å². The Kier molecular flexibility index (Phi) is 7.98. The highest BCUT2D eigenvalue weighted by Gasteiger charge is 2.36. The Morgan fingerprint density at radius 1 is 1.25 bits per heavy atom. The molecular weight excluding hydrogens is 381 g/mol. The van der Waals surface area contributed by atoms with E-state index in [4.69, 9.17) is 26.8 Å². The Balaban J connectivity index is 2.08. The van der Waals surface area contributed by atoms with Gasteiger partial charge < -0.3 is 15.2 Å². The normalized spacial score (nSPS) is 14.4. The van der Waals surface area contributed by atoms with Crippen molar-refractivity contribution in [2.75, 3.05) is 20.3 Å². The zero-order chi connectivity index (χ0) is 20.7. The predicted octanol–water partition coefficient (Wildman–Crippen LogP) is 4.62. The molecule has 152 valence electrons. The molecule has 6 heteroatoms. The van der Waals surface area contributed by atoms with Crippen molar-refractivity contribution in [1.29, 1.82) is 0 Å². The van der Waals surface area contributed by atoms with Crippen molar-refractivity contribution in [3.63, 3.8) is 0 Å². The van der Waals surface area contributed by atoms with Crippen LogP contribution in [0.2, 0.25) is 5.02 Å². The fourth-order valence-electron chi connectivity index (χ4n) is 3.32. The number of esters is 1. The summed E-state index contributed by atoms with van der Waals surface area (Å²) >= 11 is 5.97. The van der Waals surface area contributed by atoms with E-state index in [0.717, 1.165) is 11.1 Å². The minimum absolute atomic E-state index is 0.243. The van der Waals surface area contributed by atoms with Gasteiger partial charge in [-0.15, -0.1) is 0 Å². The summed E-state index contributed by atoms with van der Waals surface area (Å²) in [6.07, 6.45) is 1.02. The third kappa shape index (κ3) is 5.77. The van der Waals surface area contributed by atoms with Gasteiger partial charge in [-0.05, 0) is 56.0 Å². The fourth-order valence-corrected chi connectivity index (χ4v) is 3.49. The zero-order valence-corrected chi connectivity index (χ0v) is 17.3. The average molecular weight is 408 g/mol. The van der Waals surface area contributed by atoms with Gasteiger partial charge in [0, 0.05) is 23.7 Å². The Morgan fingerprint density at radius 3 is 2.54 bits per heavy atom. The van der Waals surface area contributed by atoms with E-state index < -0.39 is 5.41 Å². The van der Waals surface area contributed by atoms with Crippen LogP contribution in [0.15, 0.2) is 42.5 Å². The van der Waals surface area contributed by atoms with Crippen molar-refractivity contribution in [2.24, 2.45) is 11.1 Å². The van der Waals surface area contributed by atoms with Gasteiger partial charge in [0.2, 0.25) is 0 Å². The molecule has 0 spiro atoms. The molecular formula is C22H27ClFNO3. The van der Waals surface area contributed by atoms with E-state index in [1.807, 2.05) is 24.3 Å². The van der Waals surface area contributed by atoms with Crippen molar-refractivity contribution < 1.29 is 18.7 Å². The van der Waals surface area contributed by atoms with Gasteiger partial charge in [0.15, 0.2) is 0 Å². The maximum absolute atomic E-state index is 14.0. The third-order valence-electron chi connectivity index (χ3n) is 4.64.